The number of fused-ring (bicyclic) bond motifs is 1. The van der Waals surface area contributed by atoms with E-state index >= 15 is 0 Å². The highest BCUT2D eigenvalue weighted by Gasteiger charge is 2.14. The zero-order chi connectivity index (χ0) is 10.1. The van der Waals surface area contributed by atoms with E-state index in [1.54, 1.807) is 6.92 Å². The molecule has 2 aromatic rings. The van der Waals surface area contributed by atoms with Gasteiger partial charge in [0.15, 0.2) is 11.3 Å². The Labute approximate surface area is 79.3 Å². The van der Waals surface area contributed by atoms with Crippen LogP contribution in [0.5, 0.6) is 5.75 Å². The van der Waals surface area contributed by atoms with Crippen molar-refractivity contribution in [2.45, 2.75) is 6.92 Å². The zero-order valence-electron chi connectivity index (χ0n) is 7.53. The normalized spacial score (nSPS) is 10.6. The fraction of sp³-hybridized carbons (Fsp3) is 0.222. The molecule has 0 aliphatic carbocycles. The van der Waals surface area contributed by atoms with Crippen LogP contribution in [-0.2, 0) is 4.74 Å². The molecule has 0 aliphatic heterocycles. The summed E-state index contributed by atoms with van der Waals surface area (Å²) in [6, 6.07) is 1.49. The Hall–Kier alpha value is -1.91. The van der Waals surface area contributed by atoms with Gasteiger partial charge in [0.25, 0.3) is 0 Å². The lowest BCUT2D eigenvalue weighted by Gasteiger charge is -1.96. The minimum absolute atomic E-state index is 0.0180. The van der Waals surface area contributed by atoms with Gasteiger partial charge < -0.3 is 19.2 Å². The second-order valence-electron chi connectivity index (χ2n) is 2.76. The van der Waals surface area contributed by atoms with Crippen molar-refractivity contribution in [2.75, 3.05) is 6.61 Å². The lowest BCUT2D eigenvalue weighted by atomic mass is 10.4. The zero-order valence-corrected chi connectivity index (χ0v) is 7.53. The summed E-state index contributed by atoms with van der Waals surface area (Å²) in [5, 5.41) is 9.26. The van der Waals surface area contributed by atoms with Crippen LogP contribution < -0.4 is 0 Å². The molecule has 14 heavy (non-hydrogen) atoms. The summed E-state index contributed by atoms with van der Waals surface area (Å²) in [4.78, 5) is 14.0. The Morgan fingerprint density at radius 2 is 2.50 bits per heavy atom. The van der Waals surface area contributed by atoms with Crippen molar-refractivity contribution in [1.82, 2.24) is 4.98 Å². The Bertz CT molecular complexity index is 468. The number of rotatable bonds is 2. The summed E-state index contributed by atoms with van der Waals surface area (Å²) in [5.74, 6) is -0.478. The van der Waals surface area contributed by atoms with Crippen LogP contribution in [0, 0.1) is 0 Å². The highest BCUT2D eigenvalue weighted by Crippen LogP contribution is 2.26. The van der Waals surface area contributed by atoms with E-state index in [2.05, 4.69) is 4.98 Å². The Kier molecular flexibility index (Phi) is 1.92. The molecule has 0 fully saturated rings. The molecule has 0 radical (unpaired) electrons. The summed E-state index contributed by atoms with van der Waals surface area (Å²) >= 11 is 0. The molecule has 0 unspecified atom stereocenters. The van der Waals surface area contributed by atoms with Gasteiger partial charge >= 0.3 is 5.97 Å². The van der Waals surface area contributed by atoms with E-state index in [0.717, 1.165) is 0 Å². The average Bonchev–Trinajstić information content (AvgIpc) is 2.69. The SMILES string of the molecule is CCOC(=O)c1cc2occ(O)c2[nH]1. The van der Waals surface area contributed by atoms with Crippen LogP contribution in [0.15, 0.2) is 16.7 Å². The summed E-state index contributed by atoms with van der Waals surface area (Å²) in [5.41, 5.74) is 1.12. The van der Waals surface area contributed by atoms with Gasteiger partial charge in [0.05, 0.1) is 6.61 Å². The van der Waals surface area contributed by atoms with Gasteiger partial charge in [-0.1, -0.05) is 0 Å². The van der Waals surface area contributed by atoms with Crippen LogP contribution in [0.3, 0.4) is 0 Å². The van der Waals surface area contributed by atoms with Crippen molar-refractivity contribution < 1.29 is 19.1 Å². The topological polar surface area (TPSA) is 75.5 Å². The quantitative estimate of drug-likeness (QED) is 0.714. The van der Waals surface area contributed by atoms with E-state index in [-0.39, 0.29) is 11.4 Å². The first kappa shape index (κ1) is 8.68. The molecule has 0 saturated heterocycles. The fourth-order valence-corrected chi connectivity index (χ4v) is 1.22. The second kappa shape index (κ2) is 3.10. The number of H-pyrrole nitrogens is 1. The van der Waals surface area contributed by atoms with Crippen LogP contribution in [0.1, 0.15) is 17.4 Å². The van der Waals surface area contributed by atoms with Gasteiger partial charge in [-0.05, 0) is 6.92 Å². The molecule has 0 amide bonds. The lowest BCUT2D eigenvalue weighted by Crippen LogP contribution is -2.04. The first-order valence-electron chi connectivity index (χ1n) is 4.18. The van der Waals surface area contributed by atoms with Crippen molar-refractivity contribution in [3.05, 3.63) is 18.0 Å². The number of aromatic amines is 1. The summed E-state index contributed by atoms with van der Waals surface area (Å²) in [6.45, 7) is 2.04. The molecule has 0 atom stereocenters. The van der Waals surface area contributed by atoms with Crippen LogP contribution in [-0.4, -0.2) is 22.7 Å². The molecular formula is C9H9NO4. The van der Waals surface area contributed by atoms with Gasteiger partial charge in [-0.15, -0.1) is 0 Å². The van der Waals surface area contributed by atoms with E-state index in [0.29, 0.717) is 17.7 Å². The summed E-state index contributed by atoms with van der Waals surface area (Å²) in [6.07, 6.45) is 1.20. The molecule has 74 valence electrons. The Morgan fingerprint density at radius 3 is 3.14 bits per heavy atom. The third-order valence-electron chi connectivity index (χ3n) is 1.83. The smallest absolute Gasteiger partial charge is 0.354 e. The minimum Gasteiger partial charge on any atom is -0.503 e. The van der Waals surface area contributed by atoms with Crippen molar-refractivity contribution in [3.63, 3.8) is 0 Å². The van der Waals surface area contributed by atoms with E-state index in [9.17, 15) is 9.90 Å². The molecule has 0 saturated carbocycles. The number of furan rings is 1. The minimum atomic E-state index is -0.460. The molecule has 5 nitrogen and oxygen atoms in total. The van der Waals surface area contributed by atoms with Crippen molar-refractivity contribution in [1.29, 1.82) is 0 Å². The van der Waals surface area contributed by atoms with Gasteiger partial charge in [0.2, 0.25) is 0 Å². The molecule has 0 spiro atoms. The number of hydrogen-bond donors (Lipinski definition) is 2. The molecule has 2 aromatic heterocycles. The van der Waals surface area contributed by atoms with Gasteiger partial charge in [-0.2, -0.15) is 0 Å². The van der Waals surface area contributed by atoms with Gasteiger partial charge in [-0.25, -0.2) is 4.79 Å². The molecule has 0 aliphatic rings. The van der Waals surface area contributed by atoms with E-state index < -0.39 is 5.97 Å². The summed E-state index contributed by atoms with van der Waals surface area (Å²) < 4.78 is 9.74. The lowest BCUT2D eigenvalue weighted by molar-refractivity contribution is 0.0520. The fourth-order valence-electron chi connectivity index (χ4n) is 1.22. The maximum Gasteiger partial charge on any atom is 0.354 e. The highest BCUT2D eigenvalue weighted by molar-refractivity contribution is 5.94. The Balaban J connectivity index is 2.40. The number of aromatic hydroxyl groups is 1. The summed E-state index contributed by atoms with van der Waals surface area (Å²) in [7, 11) is 0. The monoisotopic (exact) mass is 195 g/mol. The van der Waals surface area contributed by atoms with E-state index in [1.807, 2.05) is 0 Å². The van der Waals surface area contributed by atoms with Gasteiger partial charge in [-0.3, -0.25) is 0 Å². The molecular weight excluding hydrogens is 186 g/mol. The maximum absolute atomic E-state index is 11.2. The van der Waals surface area contributed by atoms with Crippen molar-refractivity contribution in [3.8, 4) is 5.75 Å². The van der Waals surface area contributed by atoms with Crippen LogP contribution in [0.2, 0.25) is 0 Å². The van der Waals surface area contributed by atoms with E-state index in [1.165, 1.54) is 12.3 Å². The number of carbonyl (C=O) groups is 1. The number of hydrogen-bond acceptors (Lipinski definition) is 4. The third kappa shape index (κ3) is 1.22. The second-order valence-corrected chi connectivity index (χ2v) is 2.76. The molecule has 2 heterocycles. The first-order valence-corrected chi connectivity index (χ1v) is 4.18. The third-order valence-corrected chi connectivity index (χ3v) is 1.83. The number of aromatic nitrogens is 1. The van der Waals surface area contributed by atoms with Gasteiger partial charge in [0, 0.05) is 6.07 Å². The van der Waals surface area contributed by atoms with E-state index in [4.69, 9.17) is 9.15 Å². The largest absolute Gasteiger partial charge is 0.503 e. The van der Waals surface area contributed by atoms with Crippen LogP contribution in [0.4, 0.5) is 0 Å². The predicted molar refractivity (Wildman–Crippen MR) is 48.2 cm³/mol. The number of esters is 1. The van der Waals surface area contributed by atoms with Gasteiger partial charge in [0.1, 0.15) is 17.5 Å². The van der Waals surface area contributed by atoms with Crippen molar-refractivity contribution in [2.24, 2.45) is 0 Å². The maximum atomic E-state index is 11.2. The average molecular weight is 195 g/mol. The number of nitrogens with one attached hydrogen (secondary N) is 1. The molecule has 2 rings (SSSR count). The highest BCUT2D eigenvalue weighted by atomic mass is 16.5. The number of carbonyl (C=O) groups excluding carboxylic acids is 1. The standard InChI is InChI=1S/C9H9NO4/c1-2-13-9(12)5-3-7-8(10-5)6(11)4-14-7/h3-4,10-11H,2H2,1H3. The van der Waals surface area contributed by atoms with Crippen LogP contribution >= 0.6 is 0 Å². The Morgan fingerprint density at radius 1 is 1.71 bits per heavy atom. The van der Waals surface area contributed by atoms with Crippen LogP contribution in [0.25, 0.3) is 11.1 Å². The molecule has 2 N–H and O–H groups in total. The van der Waals surface area contributed by atoms with Crippen molar-refractivity contribution >= 4 is 17.1 Å². The predicted octanol–water partition coefficient (Wildman–Crippen LogP) is 1.64. The molecule has 5 heteroatoms. The number of ether oxygens (including phenoxy) is 1. The molecule has 0 bridgehead atoms. The molecule has 0 aromatic carbocycles. The first-order chi connectivity index (χ1) is 6.72.